The minimum Gasteiger partial charge on any atom is -0.497 e. The zero-order valence-electron chi connectivity index (χ0n) is 12.3. The molecule has 128 valence electrons. The fraction of sp³-hybridized carbons (Fsp3) is 0.333. The lowest BCUT2D eigenvalue weighted by atomic mass is 10.1. The number of hydrogen-bond acceptors (Lipinski definition) is 3. The van der Waals surface area contributed by atoms with Crippen molar-refractivity contribution in [3.8, 4) is 5.75 Å². The lowest BCUT2D eigenvalue weighted by Gasteiger charge is -2.10. The van der Waals surface area contributed by atoms with Gasteiger partial charge in [-0.05, 0) is 17.7 Å². The highest BCUT2D eigenvalue weighted by molar-refractivity contribution is 6.05. The van der Waals surface area contributed by atoms with Crippen molar-refractivity contribution in [2.75, 3.05) is 7.11 Å². The van der Waals surface area contributed by atoms with Crippen molar-refractivity contribution in [1.29, 1.82) is 0 Å². The van der Waals surface area contributed by atoms with Crippen molar-refractivity contribution in [1.82, 2.24) is 9.78 Å². The van der Waals surface area contributed by atoms with Crippen LogP contribution in [0.3, 0.4) is 0 Å². The summed E-state index contributed by atoms with van der Waals surface area (Å²) in [6.07, 6.45) is -10.1. The lowest BCUT2D eigenvalue weighted by Crippen LogP contribution is -2.19. The number of halogens is 5. The van der Waals surface area contributed by atoms with E-state index in [2.05, 4.69) is 5.10 Å². The standard InChI is InChI=1S/C15H11F5N2O2/c1-24-8-4-2-7(3-5-8)6-22-12-9(13(23)11(17)10(12)16)14(21-22)15(18,19)20/h2-5,10-11H,6H2,1H3. The van der Waals surface area contributed by atoms with Gasteiger partial charge in [-0.2, -0.15) is 18.3 Å². The molecule has 1 aliphatic carbocycles. The third kappa shape index (κ3) is 2.53. The van der Waals surface area contributed by atoms with Crippen LogP contribution in [0.15, 0.2) is 24.3 Å². The third-order valence-electron chi connectivity index (χ3n) is 3.77. The van der Waals surface area contributed by atoms with Crippen molar-refractivity contribution in [3.05, 3.63) is 46.8 Å². The van der Waals surface area contributed by atoms with E-state index in [9.17, 15) is 26.7 Å². The minimum absolute atomic E-state index is 0.233. The average Bonchev–Trinajstić information content (AvgIpc) is 3.01. The first-order valence-corrected chi connectivity index (χ1v) is 6.87. The summed E-state index contributed by atoms with van der Waals surface area (Å²) in [6, 6.07) is 6.24. The first-order chi connectivity index (χ1) is 11.2. The number of ketones is 1. The van der Waals surface area contributed by atoms with Crippen LogP contribution < -0.4 is 4.74 Å². The molecule has 0 fully saturated rings. The van der Waals surface area contributed by atoms with Crippen molar-refractivity contribution in [3.63, 3.8) is 0 Å². The average molecular weight is 346 g/mol. The molecule has 0 spiro atoms. The van der Waals surface area contributed by atoms with E-state index >= 15 is 0 Å². The summed E-state index contributed by atoms with van der Waals surface area (Å²) < 4.78 is 72.3. The van der Waals surface area contributed by atoms with Crippen LogP contribution in [-0.4, -0.2) is 28.8 Å². The maximum absolute atomic E-state index is 14.0. The first kappa shape index (κ1) is 16.4. The van der Waals surface area contributed by atoms with E-state index in [1.165, 1.54) is 7.11 Å². The second kappa shape index (κ2) is 5.57. The van der Waals surface area contributed by atoms with Gasteiger partial charge in [0.25, 0.3) is 0 Å². The first-order valence-electron chi connectivity index (χ1n) is 6.87. The molecule has 0 saturated carbocycles. The Morgan fingerprint density at radius 2 is 1.79 bits per heavy atom. The van der Waals surface area contributed by atoms with Gasteiger partial charge in [-0.25, -0.2) is 8.78 Å². The second-order valence-corrected chi connectivity index (χ2v) is 5.28. The number of methoxy groups -OCH3 is 1. The van der Waals surface area contributed by atoms with Gasteiger partial charge in [0.2, 0.25) is 5.78 Å². The molecule has 1 aromatic carbocycles. The van der Waals surface area contributed by atoms with Crippen LogP contribution in [0, 0.1) is 0 Å². The van der Waals surface area contributed by atoms with Gasteiger partial charge in [0.15, 0.2) is 18.0 Å². The SMILES string of the molecule is COc1ccc(Cn2nc(C(F)(F)F)c3c2C(F)C(F)C3=O)cc1. The fourth-order valence-corrected chi connectivity index (χ4v) is 2.63. The molecule has 2 unspecified atom stereocenters. The van der Waals surface area contributed by atoms with Gasteiger partial charge in [0.1, 0.15) is 5.75 Å². The Balaban J connectivity index is 2.06. The molecule has 1 heterocycles. The van der Waals surface area contributed by atoms with Gasteiger partial charge in [-0.3, -0.25) is 9.48 Å². The summed E-state index contributed by atoms with van der Waals surface area (Å²) in [6.45, 7) is -0.233. The molecule has 24 heavy (non-hydrogen) atoms. The Kier molecular flexibility index (Phi) is 3.81. The maximum Gasteiger partial charge on any atom is 0.435 e. The van der Waals surface area contributed by atoms with E-state index in [4.69, 9.17) is 4.74 Å². The number of carbonyl (C=O) groups excluding carboxylic acids is 1. The van der Waals surface area contributed by atoms with Gasteiger partial charge >= 0.3 is 6.18 Å². The number of hydrogen-bond donors (Lipinski definition) is 0. The van der Waals surface area contributed by atoms with E-state index in [1.54, 1.807) is 24.3 Å². The Morgan fingerprint density at radius 1 is 1.17 bits per heavy atom. The van der Waals surface area contributed by atoms with Crippen LogP contribution in [0.4, 0.5) is 22.0 Å². The topological polar surface area (TPSA) is 44.1 Å². The van der Waals surface area contributed by atoms with Crippen molar-refractivity contribution in [2.45, 2.75) is 25.1 Å². The molecule has 4 nitrogen and oxygen atoms in total. The maximum atomic E-state index is 14.0. The van der Waals surface area contributed by atoms with E-state index in [-0.39, 0.29) is 6.54 Å². The third-order valence-corrected chi connectivity index (χ3v) is 3.77. The summed E-state index contributed by atoms with van der Waals surface area (Å²) >= 11 is 0. The summed E-state index contributed by atoms with van der Waals surface area (Å²) in [5.74, 6) is -0.992. The molecular weight excluding hydrogens is 335 g/mol. The number of benzene rings is 1. The Morgan fingerprint density at radius 3 is 2.33 bits per heavy atom. The largest absolute Gasteiger partial charge is 0.497 e. The van der Waals surface area contributed by atoms with Gasteiger partial charge in [0, 0.05) is 0 Å². The molecule has 0 radical (unpaired) electrons. The van der Waals surface area contributed by atoms with Crippen LogP contribution in [-0.2, 0) is 12.7 Å². The molecule has 1 aliphatic rings. The number of fused-ring (bicyclic) bond motifs is 1. The number of Topliss-reactive ketones (excluding diaryl/α,β-unsaturated/α-hetero) is 1. The molecule has 1 aromatic heterocycles. The molecule has 0 saturated heterocycles. The van der Waals surface area contributed by atoms with Gasteiger partial charge in [-0.15, -0.1) is 0 Å². The Labute approximate surface area is 132 Å². The molecule has 0 aliphatic heterocycles. The van der Waals surface area contributed by atoms with E-state index in [0.717, 1.165) is 0 Å². The van der Waals surface area contributed by atoms with Crippen molar-refractivity contribution < 1.29 is 31.5 Å². The second-order valence-electron chi connectivity index (χ2n) is 5.28. The fourth-order valence-electron chi connectivity index (χ4n) is 2.63. The Bertz CT molecular complexity index is 782. The van der Waals surface area contributed by atoms with E-state index in [1.807, 2.05) is 0 Å². The van der Waals surface area contributed by atoms with Gasteiger partial charge in [0.05, 0.1) is 24.9 Å². The molecule has 9 heteroatoms. The predicted molar refractivity (Wildman–Crippen MR) is 72.4 cm³/mol. The monoisotopic (exact) mass is 346 g/mol. The lowest BCUT2D eigenvalue weighted by molar-refractivity contribution is -0.141. The highest BCUT2D eigenvalue weighted by Crippen LogP contribution is 2.43. The number of rotatable bonds is 3. The minimum atomic E-state index is -4.98. The van der Waals surface area contributed by atoms with Crippen LogP contribution in [0.2, 0.25) is 0 Å². The number of alkyl halides is 5. The Hall–Kier alpha value is -2.45. The molecule has 0 bridgehead atoms. The zero-order chi connectivity index (χ0) is 17.6. The summed E-state index contributed by atoms with van der Waals surface area (Å²) in [7, 11) is 1.45. The van der Waals surface area contributed by atoms with Gasteiger partial charge < -0.3 is 4.74 Å². The summed E-state index contributed by atoms with van der Waals surface area (Å²) in [5, 5.41) is 3.31. The number of aromatic nitrogens is 2. The highest BCUT2D eigenvalue weighted by Gasteiger charge is 2.51. The van der Waals surface area contributed by atoms with E-state index < -0.39 is 41.3 Å². The molecular formula is C15H11F5N2O2. The molecule has 3 rings (SSSR count). The number of nitrogens with zero attached hydrogens (tertiary/aromatic N) is 2. The predicted octanol–water partition coefficient (Wildman–Crippen LogP) is 3.50. The van der Waals surface area contributed by atoms with Gasteiger partial charge in [-0.1, -0.05) is 12.1 Å². The smallest absolute Gasteiger partial charge is 0.435 e. The van der Waals surface area contributed by atoms with Crippen LogP contribution >= 0.6 is 0 Å². The summed E-state index contributed by atoms with van der Waals surface area (Å²) in [4.78, 5) is 11.6. The molecule has 0 amide bonds. The van der Waals surface area contributed by atoms with Crippen LogP contribution in [0.1, 0.15) is 33.5 Å². The molecule has 2 aromatic rings. The van der Waals surface area contributed by atoms with Crippen molar-refractivity contribution in [2.24, 2.45) is 0 Å². The van der Waals surface area contributed by atoms with E-state index in [0.29, 0.717) is 16.0 Å². The van der Waals surface area contributed by atoms with Crippen molar-refractivity contribution >= 4 is 5.78 Å². The zero-order valence-corrected chi connectivity index (χ0v) is 12.3. The number of carbonyl (C=O) groups is 1. The summed E-state index contributed by atoms with van der Waals surface area (Å²) in [5.41, 5.74) is -2.75. The van der Waals surface area contributed by atoms with Crippen LogP contribution in [0.5, 0.6) is 5.75 Å². The highest BCUT2D eigenvalue weighted by atomic mass is 19.4. The quantitative estimate of drug-likeness (QED) is 0.799. The molecule has 0 N–H and O–H groups in total. The normalized spacial score (nSPS) is 20.3. The number of ether oxygens (including phenoxy) is 1. The molecule has 2 atom stereocenters. The van der Waals surface area contributed by atoms with Crippen LogP contribution in [0.25, 0.3) is 0 Å².